The number of hydrogen-bond acceptors (Lipinski definition) is 5. The third-order valence-corrected chi connectivity index (χ3v) is 4.43. The van der Waals surface area contributed by atoms with Crippen LogP contribution in [0.15, 0.2) is 30.6 Å². The molecule has 0 saturated heterocycles. The van der Waals surface area contributed by atoms with Crippen LogP contribution in [-0.2, 0) is 16.0 Å². The molecule has 2 amide bonds. The lowest BCUT2D eigenvalue weighted by Crippen LogP contribution is -2.46. The van der Waals surface area contributed by atoms with Crippen molar-refractivity contribution in [2.45, 2.75) is 18.9 Å². The number of H-pyrrole nitrogens is 1. The molecule has 2 aromatic rings. The summed E-state index contributed by atoms with van der Waals surface area (Å²) in [5, 5.41) is 2.79. The predicted octanol–water partition coefficient (Wildman–Crippen LogP) is 1.64. The van der Waals surface area contributed by atoms with E-state index in [4.69, 9.17) is 4.74 Å². The largest absolute Gasteiger partial charge is 0.497 e. The van der Waals surface area contributed by atoms with Gasteiger partial charge in [-0.15, -0.1) is 0 Å². The molecule has 0 radical (unpaired) electrons. The number of urea groups is 1. The van der Waals surface area contributed by atoms with E-state index in [9.17, 15) is 9.59 Å². The summed E-state index contributed by atoms with van der Waals surface area (Å²) in [5.41, 5.74) is 2.77. The maximum atomic E-state index is 12.7. The summed E-state index contributed by atoms with van der Waals surface area (Å²) < 4.78 is 9.91. The van der Waals surface area contributed by atoms with Crippen LogP contribution in [0.3, 0.4) is 0 Å². The molecule has 0 saturated carbocycles. The lowest BCUT2D eigenvalue weighted by molar-refractivity contribution is -0.140. The highest BCUT2D eigenvalue weighted by Gasteiger charge is 2.34. The first-order valence-electron chi connectivity index (χ1n) is 8.41. The molecule has 26 heavy (non-hydrogen) atoms. The fourth-order valence-corrected chi connectivity index (χ4v) is 3.12. The second-order valence-electron chi connectivity index (χ2n) is 5.95. The van der Waals surface area contributed by atoms with Crippen molar-refractivity contribution in [3.05, 3.63) is 47.5 Å². The van der Waals surface area contributed by atoms with Crippen LogP contribution in [0.25, 0.3) is 0 Å². The molecule has 138 valence electrons. The molecule has 0 unspecified atom stereocenters. The van der Waals surface area contributed by atoms with Gasteiger partial charge in [-0.25, -0.2) is 9.78 Å². The molecule has 2 heterocycles. The third-order valence-electron chi connectivity index (χ3n) is 4.43. The number of amides is 2. The molecule has 0 aliphatic carbocycles. The number of nitrogens with zero attached hydrogens (tertiary/aromatic N) is 2. The number of benzene rings is 1. The number of nitrogens with one attached hydrogen (secondary N) is 2. The Hall–Kier alpha value is -3.03. The Morgan fingerprint density at radius 2 is 2.23 bits per heavy atom. The number of rotatable bonds is 5. The van der Waals surface area contributed by atoms with E-state index < -0.39 is 0 Å². The number of aromatic nitrogens is 2. The van der Waals surface area contributed by atoms with Crippen LogP contribution in [0.2, 0.25) is 0 Å². The standard InChI is InChI=1S/C18H22N4O4/c1-25-13-5-3-4-12(10-13)17-16-14(20-11-21-16)7-9-22(17)18(24)19-8-6-15(23)26-2/h3-5,10-11,17H,6-9H2,1-2H3,(H,19,24)(H,20,21)/t17-/m1/s1. The number of carbonyl (C=O) groups excluding carboxylic acids is 2. The van der Waals surface area contributed by atoms with Crippen LogP contribution in [-0.4, -0.2) is 54.2 Å². The van der Waals surface area contributed by atoms with E-state index in [2.05, 4.69) is 20.0 Å². The average molecular weight is 358 g/mol. The minimum atomic E-state index is -0.358. The van der Waals surface area contributed by atoms with Gasteiger partial charge in [0.2, 0.25) is 0 Å². The maximum Gasteiger partial charge on any atom is 0.318 e. The molecule has 0 bridgehead atoms. The molecule has 0 spiro atoms. The van der Waals surface area contributed by atoms with Gasteiger partial charge >= 0.3 is 12.0 Å². The second-order valence-corrected chi connectivity index (χ2v) is 5.95. The number of carbonyl (C=O) groups is 2. The molecule has 8 nitrogen and oxygen atoms in total. The molecule has 3 rings (SSSR count). The number of esters is 1. The van der Waals surface area contributed by atoms with Crippen molar-refractivity contribution in [2.24, 2.45) is 0 Å². The van der Waals surface area contributed by atoms with E-state index in [-0.39, 0.29) is 31.0 Å². The van der Waals surface area contributed by atoms with Crippen molar-refractivity contribution < 1.29 is 19.1 Å². The van der Waals surface area contributed by atoms with Gasteiger partial charge in [0.05, 0.1) is 32.7 Å². The van der Waals surface area contributed by atoms with Gasteiger partial charge in [0.15, 0.2) is 0 Å². The smallest absolute Gasteiger partial charge is 0.318 e. The van der Waals surface area contributed by atoms with Crippen molar-refractivity contribution in [2.75, 3.05) is 27.3 Å². The first-order valence-corrected chi connectivity index (χ1v) is 8.41. The van der Waals surface area contributed by atoms with Gasteiger partial charge in [0.25, 0.3) is 0 Å². The number of fused-ring (bicyclic) bond motifs is 1. The van der Waals surface area contributed by atoms with Gasteiger partial charge < -0.3 is 24.7 Å². The zero-order chi connectivity index (χ0) is 18.5. The SMILES string of the molecule is COC(=O)CCNC(=O)N1CCc2[nH]cnc2[C@H]1c1cccc(OC)c1. The summed E-state index contributed by atoms with van der Waals surface area (Å²) in [6, 6.07) is 7.05. The van der Waals surface area contributed by atoms with Crippen LogP contribution in [0.5, 0.6) is 5.75 Å². The monoisotopic (exact) mass is 358 g/mol. The summed E-state index contributed by atoms with van der Waals surface area (Å²) in [7, 11) is 2.93. The topological polar surface area (TPSA) is 96.6 Å². The number of methoxy groups -OCH3 is 2. The number of imidazole rings is 1. The quantitative estimate of drug-likeness (QED) is 0.792. The Kier molecular flexibility index (Phi) is 5.40. The van der Waals surface area contributed by atoms with Crippen LogP contribution in [0.1, 0.15) is 29.4 Å². The molecule has 0 fully saturated rings. The Bertz CT molecular complexity index is 789. The lowest BCUT2D eigenvalue weighted by Gasteiger charge is -2.35. The fraction of sp³-hybridized carbons (Fsp3) is 0.389. The van der Waals surface area contributed by atoms with E-state index in [1.54, 1.807) is 18.3 Å². The Labute approximate surface area is 151 Å². The van der Waals surface area contributed by atoms with E-state index >= 15 is 0 Å². The Morgan fingerprint density at radius 3 is 3.00 bits per heavy atom. The van der Waals surface area contributed by atoms with Crippen LogP contribution < -0.4 is 10.1 Å². The van der Waals surface area contributed by atoms with Crippen LogP contribution >= 0.6 is 0 Å². The normalized spacial score (nSPS) is 15.9. The molecule has 1 aliphatic rings. The highest BCUT2D eigenvalue weighted by atomic mass is 16.5. The van der Waals surface area contributed by atoms with E-state index in [0.717, 1.165) is 22.7 Å². The number of aromatic amines is 1. The molecular formula is C18H22N4O4. The fourth-order valence-electron chi connectivity index (χ4n) is 3.12. The average Bonchev–Trinajstić information content (AvgIpc) is 3.15. The Balaban J connectivity index is 1.84. The number of ether oxygens (including phenoxy) is 2. The molecular weight excluding hydrogens is 336 g/mol. The van der Waals surface area contributed by atoms with Crippen molar-refractivity contribution in [3.8, 4) is 5.75 Å². The molecule has 1 aromatic heterocycles. The van der Waals surface area contributed by atoms with Gasteiger partial charge in [-0.3, -0.25) is 4.79 Å². The minimum absolute atomic E-state index is 0.133. The maximum absolute atomic E-state index is 12.7. The molecule has 1 aromatic carbocycles. The summed E-state index contributed by atoms with van der Waals surface area (Å²) in [5.74, 6) is 0.360. The Morgan fingerprint density at radius 1 is 1.38 bits per heavy atom. The van der Waals surface area contributed by atoms with Crippen molar-refractivity contribution >= 4 is 12.0 Å². The van der Waals surface area contributed by atoms with Crippen molar-refractivity contribution in [3.63, 3.8) is 0 Å². The predicted molar refractivity (Wildman–Crippen MR) is 93.9 cm³/mol. The third kappa shape index (κ3) is 3.63. The first kappa shape index (κ1) is 17.8. The summed E-state index contributed by atoms with van der Waals surface area (Å²) in [6.45, 7) is 0.765. The summed E-state index contributed by atoms with van der Waals surface area (Å²) in [6.07, 6.45) is 2.48. The first-order chi connectivity index (χ1) is 12.6. The summed E-state index contributed by atoms with van der Waals surface area (Å²) in [4.78, 5) is 33.3. The molecule has 8 heteroatoms. The zero-order valence-electron chi connectivity index (χ0n) is 14.8. The zero-order valence-corrected chi connectivity index (χ0v) is 14.8. The van der Waals surface area contributed by atoms with Gasteiger partial charge in [-0.05, 0) is 17.7 Å². The van der Waals surface area contributed by atoms with Crippen molar-refractivity contribution in [1.82, 2.24) is 20.2 Å². The van der Waals surface area contributed by atoms with E-state index in [0.29, 0.717) is 13.0 Å². The van der Waals surface area contributed by atoms with Crippen LogP contribution in [0.4, 0.5) is 4.79 Å². The van der Waals surface area contributed by atoms with Crippen molar-refractivity contribution in [1.29, 1.82) is 0 Å². The lowest BCUT2D eigenvalue weighted by atomic mass is 9.96. The van der Waals surface area contributed by atoms with Gasteiger partial charge in [-0.2, -0.15) is 0 Å². The van der Waals surface area contributed by atoms with Gasteiger partial charge in [-0.1, -0.05) is 12.1 Å². The molecule has 2 N–H and O–H groups in total. The number of hydrogen-bond donors (Lipinski definition) is 2. The van der Waals surface area contributed by atoms with Gasteiger partial charge in [0.1, 0.15) is 11.8 Å². The minimum Gasteiger partial charge on any atom is -0.497 e. The summed E-state index contributed by atoms with van der Waals surface area (Å²) >= 11 is 0. The van der Waals surface area contributed by atoms with E-state index in [1.807, 2.05) is 24.3 Å². The van der Waals surface area contributed by atoms with Gasteiger partial charge in [0, 0.05) is 25.2 Å². The highest BCUT2D eigenvalue weighted by Crippen LogP contribution is 2.34. The molecule has 1 atom stereocenters. The van der Waals surface area contributed by atoms with E-state index in [1.165, 1.54) is 7.11 Å². The van der Waals surface area contributed by atoms with Crippen LogP contribution in [0, 0.1) is 0 Å². The highest BCUT2D eigenvalue weighted by molar-refractivity contribution is 5.77. The second kappa shape index (κ2) is 7.90. The molecule has 1 aliphatic heterocycles.